The van der Waals surface area contributed by atoms with E-state index in [1.165, 1.54) is 0 Å². The van der Waals surface area contributed by atoms with Gasteiger partial charge in [-0.25, -0.2) is 4.98 Å². The molecule has 6 heteroatoms. The van der Waals surface area contributed by atoms with E-state index >= 15 is 0 Å². The molecule has 0 aliphatic heterocycles. The van der Waals surface area contributed by atoms with Crippen molar-refractivity contribution < 1.29 is 0 Å². The molecule has 88 valence electrons. The lowest BCUT2D eigenvalue weighted by atomic mass is 10.3. The SMILES string of the molecule is Clc1cnc(Nc2cccc(Cl)c2Cl)c(Br)c1. The average molecular weight is 352 g/mol. The van der Waals surface area contributed by atoms with Gasteiger partial charge in [-0.3, -0.25) is 0 Å². The molecule has 0 unspecified atom stereocenters. The van der Waals surface area contributed by atoms with Crippen molar-refractivity contribution in [3.8, 4) is 0 Å². The van der Waals surface area contributed by atoms with Crippen molar-refractivity contribution in [1.82, 2.24) is 4.98 Å². The van der Waals surface area contributed by atoms with Crippen LogP contribution in [0.3, 0.4) is 0 Å². The van der Waals surface area contributed by atoms with Crippen molar-refractivity contribution >= 4 is 62.2 Å². The molecule has 0 saturated carbocycles. The van der Waals surface area contributed by atoms with Gasteiger partial charge in [0.05, 0.1) is 25.2 Å². The smallest absolute Gasteiger partial charge is 0.144 e. The molecule has 2 rings (SSSR count). The number of hydrogen-bond donors (Lipinski definition) is 1. The number of anilines is 2. The van der Waals surface area contributed by atoms with E-state index in [1.54, 1.807) is 24.4 Å². The van der Waals surface area contributed by atoms with Gasteiger partial charge in [-0.1, -0.05) is 40.9 Å². The summed E-state index contributed by atoms with van der Waals surface area (Å²) in [5, 5.41) is 4.57. The van der Waals surface area contributed by atoms with E-state index in [4.69, 9.17) is 34.8 Å². The zero-order chi connectivity index (χ0) is 12.4. The molecule has 1 aromatic heterocycles. The summed E-state index contributed by atoms with van der Waals surface area (Å²) in [5.74, 6) is 0.624. The molecule has 17 heavy (non-hydrogen) atoms. The zero-order valence-corrected chi connectivity index (χ0v) is 12.2. The Labute approximate surface area is 122 Å². The van der Waals surface area contributed by atoms with E-state index in [0.29, 0.717) is 26.6 Å². The lowest BCUT2D eigenvalue weighted by Gasteiger charge is -2.10. The molecule has 0 spiro atoms. The van der Waals surface area contributed by atoms with Crippen LogP contribution in [-0.4, -0.2) is 4.98 Å². The van der Waals surface area contributed by atoms with Gasteiger partial charge in [0.1, 0.15) is 5.82 Å². The van der Waals surface area contributed by atoms with Gasteiger partial charge in [-0.15, -0.1) is 0 Å². The Balaban J connectivity index is 2.35. The van der Waals surface area contributed by atoms with Crippen molar-refractivity contribution in [2.45, 2.75) is 0 Å². The highest BCUT2D eigenvalue weighted by atomic mass is 79.9. The van der Waals surface area contributed by atoms with Crippen LogP contribution in [0.5, 0.6) is 0 Å². The molecule has 2 aromatic rings. The summed E-state index contributed by atoms with van der Waals surface area (Å²) in [5.41, 5.74) is 0.690. The summed E-state index contributed by atoms with van der Waals surface area (Å²) in [7, 11) is 0. The number of nitrogens with zero attached hydrogens (tertiary/aromatic N) is 1. The summed E-state index contributed by atoms with van der Waals surface area (Å²) in [6.07, 6.45) is 1.55. The molecule has 0 aliphatic carbocycles. The van der Waals surface area contributed by atoms with Crippen LogP contribution in [0, 0.1) is 0 Å². The highest BCUT2D eigenvalue weighted by Crippen LogP contribution is 2.33. The van der Waals surface area contributed by atoms with Crippen LogP contribution in [0.25, 0.3) is 0 Å². The molecule has 1 aromatic carbocycles. The van der Waals surface area contributed by atoms with Gasteiger partial charge >= 0.3 is 0 Å². The van der Waals surface area contributed by atoms with Gasteiger partial charge in [-0.05, 0) is 34.1 Å². The Morgan fingerprint density at radius 3 is 2.65 bits per heavy atom. The minimum atomic E-state index is 0.456. The maximum Gasteiger partial charge on any atom is 0.144 e. The quantitative estimate of drug-likeness (QED) is 0.767. The Kier molecular flexibility index (Phi) is 4.15. The second kappa shape index (κ2) is 5.44. The Bertz CT molecular complexity index is 560. The maximum absolute atomic E-state index is 6.06. The van der Waals surface area contributed by atoms with Crippen LogP contribution in [0.15, 0.2) is 34.9 Å². The second-order valence-electron chi connectivity index (χ2n) is 3.21. The van der Waals surface area contributed by atoms with E-state index in [-0.39, 0.29) is 0 Å². The molecule has 2 nitrogen and oxygen atoms in total. The lowest BCUT2D eigenvalue weighted by Crippen LogP contribution is -1.95. The normalized spacial score (nSPS) is 10.4. The first-order chi connectivity index (χ1) is 8.08. The van der Waals surface area contributed by atoms with Crippen molar-refractivity contribution in [2.75, 3.05) is 5.32 Å². The van der Waals surface area contributed by atoms with Gasteiger partial charge in [0, 0.05) is 6.20 Å². The van der Waals surface area contributed by atoms with Crippen LogP contribution in [0.1, 0.15) is 0 Å². The van der Waals surface area contributed by atoms with E-state index in [2.05, 4.69) is 26.2 Å². The first kappa shape index (κ1) is 13.0. The number of halogens is 4. The Morgan fingerprint density at radius 1 is 1.18 bits per heavy atom. The fourth-order valence-corrected chi connectivity index (χ4v) is 2.32. The fourth-order valence-electron chi connectivity index (χ4n) is 1.23. The molecule has 0 saturated heterocycles. The van der Waals surface area contributed by atoms with E-state index in [1.807, 2.05) is 6.07 Å². The number of benzene rings is 1. The summed E-state index contributed by atoms with van der Waals surface area (Å²) in [4.78, 5) is 4.15. The number of pyridine rings is 1. The fraction of sp³-hybridized carbons (Fsp3) is 0. The summed E-state index contributed by atoms with van der Waals surface area (Å²) in [6.45, 7) is 0. The minimum absolute atomic E-state index is 0.456. The van der Waals surface area contributed by atoms with Crippen LogP contribution >= 0.6 is 50.7 Å². The van der Waals surface area contributed by atoms with E-state index < -0.39 is 0 Å². The summed E-state index contributed by atoms with van der Waals surface area (Å²) >= 11 is 21.2. The number of nitrogens with one attached hydrogen (secondary N) is 1. The third kappa shape index (κ3) is 3.05. The first-order valence-electron chi connectivity index (χ1n) is 4.60. The highest BCUT2D eigenvalue weighted by molar-refractivity contribution is 9.10. The monoisotopic (exact) mass is 350 g/mol. The van der Waals surface area contributed by atoms with Gasteiger partial charge in [-0.2, -0.15) is 0 Å². The number of rotatable bonds is 2. The Morgan fingerprint density at radius 2 is 1.94 bits per heavy atom. The molecular formula is C11H6BrCl3N2. The molecule has 0 radical (unpaired) electrons. The van der Waals surface area contributed by atoms with Crippen LogP contribution < -0.4 is 5.32 Å². The minimum Gasteiger partial charge on any atom is -0.338 e. The van der Waals surface area contributed by atoms with Crippen LogP contribution in [-0.2, 0) is 0 Å². The van der Waals surface area contributed by atoms with Crippen LogP contribution in [0.4, 0.5) is 11.5 Å². The third-order valence-corrected chi connectivity index (χ3v) is 3.64. The van der Waals surface area contributed by atoms with Gasteiger partial charge in [0.15, 0.2) is 0 Å². The van der Waals surface area contributed by atoms with E-state index in [9.17, 15) is 0 Å². The highest BCUT2D eigenvalue weighted by Gasteiger charge is 2.07. The second-order valence-corrected chi connectivity index (χ2v) is 5.29. The molecule has 0 fully saturated rings. The topological polar surface area (TPSA) is 24.9 Å². The molecule has 0 aliphatic rings. The largest absolute Gasteiger partial charge is 0.338 e. The summed E-state index contributed by atoms with van der Waals surface area (Å²) < 4.78 is 0.751. The summed E-state index contributed by atoms with van der Waals surface area (Å²) in [6, 6.07) is 7.09. The van der Waals surface area contributed by atoms with Gasteiger partial charge in [0.2, 0.25) is 0 Å². The predicted molar refractivity (Wildman–Crippen MR) is 76.7 cm³/mol. The van der Waals surface area contributed by atoms with E-state index in [0.717, 1.165) is 4.47 Å². The maximum atomic E-state index is 6.06. The molecule has 1 N–H and O–H groups in total. The van der Waals surface area contributed by atoms with Crippen LogP contribution in [0.2, 0.25) is 15.1 Å². The first-order valence-corrected chi connectivity index (χ1v) is 6.52. The van der Waals surface area contributed by atoms with Gasteiger partial charge < -0.3 is 5.32 Å². The molecule has 0 amide bonds. The third-order valence-electron chi connectivity index (χ3n) is 2.01. The Hall–Kier alpha value is -0.480. The van der Waals surface area contributed by atoms with Gasteiger partial charge in [0.25, 0.3) is 0 Å². The number of hydrogen-bond acceptors (Lipinski definition) is 2. The predicted octanol–water partition coefficient (Wildman–Crippen LogP) is 5.55. The average Bonchev–Trinajstić information content (AvgIpc) is 2.28. The zero-order valence-electron chi connectivity index (χ0n) is 8.35. The molecule has 1 heterocycles. The van der Waals surface area contributed by atoms with Crippen molar-refractivity contribution in [3.05, 3.63) is 50.0 Å². The van der Waals surface area contributed by atoms with Crippen molar-refractivity contribution in [2.24, 2.45) is 0 Å². The van der Waals surface area contributed by atoms with Crippen molar-refractivity contribution in [3.63, 3.8) is 0 Å². The molecule has 0 bridgehead atoms. The lowest BCUT2D eigenvalue weighted by molar-refractivity contribution is 1.29. The molecule has 0 atom stereocenters. The van der Waals surface area contributed by atoms with Crippen molar-refractivity contribution in [1.29, 1.82) is 0 Å². The molecular weight excluding hydrogens is 346 g/mol. The number of aromatic nitrogens is 1. The standard InChI is InChI=1S/C11H6BrCl3N2/c12-7-4-6(13)5-16-11(7)17-9-3-1-2-8(14)10(9)15/h1-5H,(H,16,17).